The molecule has 3 heteroatoms. The van der Waals surface area contributed by atoms with Crippen LogP contribution in [0.25, 0.3) is 0 Å². The average Bonchev–Trinajstić information content (AvgIpc) is 2.29. The van der Waals surface area contributed by atoms with Crippen molar-refractivity contribution in [1.82, 2.24) is 0 Å². The first-order valence-electron chi connectivity index (χ1n) is 7.22. The fraction of sp³-hybridized carbons (Fsp3) is 0.933. The summed E-state index contributed by atoms with van der Waals surface area (Å²) >= 11 is 0. The van der Waals surface area contributed by atoms with Crippen molar-refractivity contribution < 1.29 is 14.3 Å². The standard InChI is InChI=1S/C15H30O3/c1-6-7-14(17-10-12(2)3)8-9-15(16)18-11-13(4)5/h12-14H,6-11H2,1-5H3. The highest BCUT2D eigenvalue weighted by molar-refractivity contribution is 5.69. The van der Waals surface area contributed by atoms with Crippen LogP contribution in [0, 0.1) is 11.8 Å². The molecule has 0 bridgehead atoms. The molecule has 1 atom stereocenters. The van der Waals surface area contributed by atoms with E-state index in [0.29, 0.717) is 24.9 Å². The molecule has 0 aromatic carbocycles. The van der Waals surface area contributed by atoms with Crippen molar-refractivity contribution in [2.24, 2.45) is 11.8 Å². The summed E-state index contributed by atoms with van der Waals surface area (Å²) in [5.74, 6) is 0.841. The third-order valence-corrected chi connectivity index (χ3v) is 2.52. The maximum Gasteiger partial charge on any atom is 0.305 e. The largest absolute Gasteiger partial charge is 0.465 e. The van der Waals surface area contributed by atoms with Crippen molar-refractivity contribution in [1.29, 1.82) is 0 Å². The molecule has 0 radical (unpaired) electrons. The van der Waals surface area contributed by atoms with E-state index in [1.165, 1.54) is 0 Å². The number of esters is 1. The van der Waals surface area contributed by atoms with Crippen LogP contribution in [0.2, 0.25) is 0 Å². The summed E-state index contributed by atoms with van der Waals surface area (Å²) in [4.78, 5) is 11.5. The van der Waals surface area contributed by atoms with Gasteiger partial charge in [-0.3, -0.25) is 4.79 Å². The minimum atomic E-state index is -0.0991. The average molecular weight is 258 g/mol. The summed E-state index contributed by atoms with van der Waals surface area (Å²) in [6.45, 7) is 11.8. The molecule has 0 heterocycles. The van der Waals surface area contributed by atoms with Crippen LogP contribution in [-0.4, -0.2) is 25.3 Å². The lowest BCUT2D eigenvalue weighted by Gasteiger charge is -2.18. The van der Waals surface area contributed by atoms with Gasteiger partial charge in [0.2, 0.25) is 0 Å². The van der Waals surface area contributed by atoms with Gasteiger partial charge in [0.1, 0.15) is 0 Å². The smallest absolute Gasteiger partial charge is 0.305 e. The van der Waals surface area contributed by atoms with Crippen LogP contribution in [0.1, 0.15) is 60.3 Å². The van der Waals surface area contributed by atoms with E-state index >= 15 is 0 Å². The molecular weight excluding hydrogens is 228 g/mol. The molecule has 0 aromatic rings. The molecule has 0 aromatic heterocycles. The van der Waals surface area contributed by atoms with Crippen LogP contribution in [-0.2, 0) is 14.3 Å². The molecule has 0 fully saturated rings. The number of carbonyl (C=O) groups is 1. The number of rotatable bonds is 10. The number of hydrogen-bond acceptors (Lipinski definition) is 3. The zero-order valence-electron chi connectivity index (χ0n) is 12.7. The van der Waals surface area contributed by atoms with E-state index in [0.717, 1.165) is 25.9 Å². The van der Waals surface area contributed by atoms with Crippen LogP contribution in [0.4, 0.5) is 0 Å². The SMILES string of the molecule is CCCC(CCC(=O)OCC(C)C)OCC(C)C. The van der Waals surface area contributed by atoms with Crippen LogP contribution in [0.5, 0.6) is 0 Å². The van der Waals surface area contributed by atoms with Crippen LogP contribution < -0.4 is 0 Å². The van der Waals surface area contributed by atoms with Gasteiger partial charge in [0, 0.05) is 13.0 Å². The topological polar surface area (TPSA) is 35.5 Å². The van der Waals surface area contributed by atoms with Gasteiger partial charge in [0.15, 0.2) is 0 Å². The Hall–Kier alpha value is -0.570. The number of hydrogen-bond donors (Lipinski definition) is 0. The van der Waals surface area contributed by atoms with Crippen molar-refractivity contribution in [2.75, 3.05) is 13.2 Å². The second-order valence-electron chi connectivity index (χ2n) is 5.75. The van der Waals surface area contributed by atoms with Crippen molar-refractivity contribution in [2.45, 2.75) is 66.4 Å². The van der Waals surface area contributed by atoms with E-state index in [-0.39, 0.29) is 12.1 Å². The van der Waals surface area contributed by atoms with E-state index in [1.807, 2.05) is 13.8 Å². The highest BCUT2D eigenvalue weighted by atomic mass is 16.5. The first kappa shape index (κ1) is 17.4. The molecule has 0 aliphatic carbocycles. The van der Waals surface area contributed by atoms with E-state index in [2.05, 4.69) is 20.8 Å². The van der Waals surface area contributed by atoms with Gasteiger partial charge in [-0.1, -0.05) is 41.0 Å². The number of carbonyl (C=O) groups excluding carboxylic acids is 1. The molecule has 0 spiro atoms. The van der Waals surface area contributed by atoms with Gasteiger partial charge >= 0.3 is 5.97 Å². The van der Waals surface area contributed by atoms with Crippen molar-refractivity contribution >= 4 is 5.97 Å². The van der Waals surface area contributed by atoms with E-state index < -0.39 is 0 Å². The monoisotopic (exact) mass is 258 g/mol. The molecule has 0 aliphatic rings. The third-order valence-electron chi connectivity index (χ3n) is 2.52. The van der Waals surface area contributed by atoms with Crippen molar-refractivity contribution in [3.63, 3.8) is 0 Å². The fourth-order valence-electron chi connectivity index (χ4n) is 1.57. The highest BCUT2D eigenvalue weighted by Gasteiger charge is 2.13. The molecular formula is C15H30O3. The lowest BCUT2D eigenvalue weighted by atomic mass is 10.1. The molecule has 0 aliphatic heterocycles. The third kappa shape index (κ3) is 10.6. The highest BCUT2D eigenvalue weighted by Crippen LogP contribution is 2.12. The lowest BCUT2D eigenvalue weighted by Crippen LogP contribution is -2.19. The predicted molar refractivity (Wildman–Crippen MR) is 74.5 cm³/mol. The van der Waals surface area contributed by atoms with E-state index in [4.69, 9.17) is 9.47 Å². The Kier molecular flexibility index (Phi) is 10.0. The number of ether oxygens (including phenoxy) is 2. The Morgan fingerprint density at radius 1 is 1.00 bits per heavy atom. The van der Waals surface area contributed by atoms with E-state index in [9.17, 15) is 4.79 Å². The van der Waals surface area contributed by atoms with Gasteiger partial charge < -0.3 is 9.47 Å². The molecule has 0 rings (SSSR count). The first-order valence-corrected chi connectivity index (χ1v) is 7.22. The molecule has 0 saturated heterocycles. The quantitative estimate of drug-likeness (QED) is 0.559. The summed E-state index contributed by atoms with van der Waals surface area (Å²) in [5.41, 5.74) is 0. The van der Waals surface area contributed by atoms with Crippen LogP contribution >= 0.6 is 0 Å². The molecule has 0 saturated carbocycles. The van der Waals surface area contributed by atoms with Gasteiger partial charge in [-0.15, -0.1) is 0 Å². The van der Waals surface area contributed by atoms with Crippen LogP contribution in [0.3, 0.4) is 0 Å². The first-order chi connectivity index (χ1) is 8.45. The molecule has 3 nitrogen and oxygen atoms in total. The van der Waals surface area contributed by atoms with Crippen molar-refractivity contribution in [3.8, 4) is 0 Å². The summed E-state index contributed by atoms with van der Waals surface area (Å²) in [6.07, 6.45) is 3.55. The zero-order valence-corrected chi connectivity index (χ0v) is 12.7. The maximum atomic E-state index is 11.5. The van der Waals surface area contributed by atoms with Gasteiger partial charge in [0.05, 0.1) is 12.7 Å². The minimum absolute atomic E-state index is 0.0991. The Balaban J connectivity index is 3.83. The second-order valence-corrected chi connectivity index (χ2v) is 5.75. The van der Waals surface area contributed by atoms with Crippen molar-refractivity contribution in [3.05, 3.63) is 0 Å². The molecule has 1 unspecified atom stereocenters. The van der Waals surface area contributed by atoms with Gasteiger partial charge in [-0.05, 0) is 24.7 Å². The summed E-state index contributed by atoms with van der Waals surface area (Å²) in [5, 5.41) is 0. The Morgan fingerprint density at radius 3 is 2.11 bits per heavy atom. The second kappa shape index (κ2) is 10.4. The van der Waals surface area contributed by atoms with Gasteiger partial charge in [-0.25, -0.2) is 0 Å². The molecule has 108 valence electrons. The lowest BCUT2D eigenvalue weighted by molar-refractivity contribution is -0.145. The Morgan fingerprint density at radius 2 is 1.61 bits per heavy atom. The van der Waals surface area contributed by atoms with Gasteiger partial charge in [0.25, 0.3) is 0 Å². The van der Waals surface area contributed by atoms with Gasteiger partial charge in [-0.2, -0.15) is 0 Å². The molecule has 0 amide bonds. The minimum Gasteiger partial charge on any atom is -0.465 e. The zero-order chi connectivity index (χ0) is 14.0. The Bertz CT molecular complexity index is 212. The molecule has 18 heavy (non-hydrogen) atoms. The summed E-state index contributed by atoms with van der Waals surface area (Å²) < 4.78 is 11.0. The maximum absolute atomic E-state index is 11.5. The van der Waals surface area contributed by atoms with Crippen LogP contribution in [0.15, 0.2) is 0 Å². The fourth-order valence-corrected chi connectivity index (χ4v) is 1.57. The Labute approximate surface area is 112 Å². The molecule has 0 N–H and O–H groups in total. The predicted octanol–water partition coefficient (Wildman–Crippen LogP) is 3.81. The summed E-state index contributed by atoms with van der Waals surface area (Å²) in [7, 11) is 0. The summed E-state index contributed by atoms with van der Waals surface area (Å²) in [6, 6.07) is 0. The van der Waals surface area contributed by atoms with E-state index in [1.54, 1.807) is 0 Å². The normalized spacial score (nSPS) is 13.1.